The molecule has 2 rings (SSSR count). The summed E-state index contributed by atoms with van der Waals surface area (Å²) < 4.78 is 23.0. The molecule has 1 aromatic heterocycles. The van der Waals surface area contributed by atoms with Gasteiger partial charge in [-0.2, -0.15) is 0 Å². The number of aromatic nitrogens is 1. The molecular weight excluding hydrogens is 407 g/mol. The maximum atomic E-state index is 12.8. The molecule has 0 aliphatic carbocycles. The lowest BCUT2D eigenvalue weighted by Crippen LogP contribution is -2.48. The van der Waals surface area contributed by atoms with Crippen molar-refractivity contribution in [2.45, 2.75) is 52.7 Å². The number of fused-ring (bicyclic) bond motifs is 1. The highest BCUT2D eigenvalue weighted by Gasteiger charge is 2.41. The first kappa shape index (κ1) is 24.2. The lowest BCUT2D eigenvalue weighted by Gasteiger charge is -2.30. The van der Waals surface area contributed by atoms with Crippen LogP contribution in [0.1, 0.15) is 40.2 Å². The number of para-hydroxylation sites is 1. The van der Waals surface area contributed by atoms with E-state index in [1.807, 2.05) is 24.3 Å². The summed E-state index contributed by atoms with van der Waals surface area (Å²) in [6, 6.07) is 6.81. The highest BCUT2D eigenvalue weighted by molar-refractivity contribution is 5.95. The quantitative estimate of drug-likeness (QED) is 0.481. The number of halogens is 1. The summed E-state index contributed by atoms with van der Waals surface area (Å²) in [5.74, 6) is -4.72. The molecule has 1 heterocycles. The summed E-state index contributed by atoms with van der Waals surface area (Å²) in [5, 5.41) is 3.64. The third-order valence-electron chi connectivity index (χ3n) is 4.85. The second-order valence-electron chi connectivity index (χ2n) is 8.30. The third-order valence-corrected chi connectivity index (χ3v) is 4.85. The van der Waals surface area contributed by atoms with Gasteiger partial charge >= 0.3 is 18.0 Å². The van der Waals surface area contributed by atoms with Gasteiger partial charge in [0.25, 0.3) is 0 Å². The lowest BCUT2D eigenvalue weighted by molar-refractivity contribution is -0.195. The number of nitrogens with one attached hydrogen (secondary N) is 2. The van der Waals surface area contributed by atoms with Crippen molar-refractivity contribution in [3.63, 3.8) is 0 Å². The molecule has 3 atom stereocenters. The maximum Gasteiger partial charge on any atom is 0.407 e. The van der Waals surface area contributed by atoms with Gasteiger partial charge < -0.3 is 19.8 Å². The second-order valence-corrected chi connectivity index (χ2v) is 8.30. The molecule has 3 unspecified atom stereocenters. The molecule has 170 valence electrons. The fourth-order valence-electron chi connectivity index (χ4n) is 3.40. The zero-order chi connectivity index (χ0) is 23.2. The van der Waals surface area contributed by atoms with Crippen molar-refractivity contribution in [1.82, 2.24) is 10.3 Å². The summed E-state index contributed by atoms with van der Waals surface area (Å²) in [4.78, 5) is 43.4. The zero-order valence-electron chi connectivity index (χ0n) is 18.4. The lowest BCUT2D eigenvalue weighted by atomic mass is 9.84. The molecule has 1 aromatic carbocycles. The van der Waals surface area contributed by atoms with Gasteiger partial charge in [-0.25, -0.2) is 9.59 Å². The summed E-state index contributed by atoms with van der Waals surface area (Å²) in [6.07, 6.45) is 1.31. The minimum absolute atomic E-state index is 0.00816. The Morgan fingerprint density at radius 3 is 2.45 bits per heavy atom. The smallest absolute Gasteiger partial charge is 0.407 e. The van der Waals surface area contributed by atoms with E-state index in [-0.39, 0.29) is 13.0 Å². The molecule has 9 heteroatoms. The highest BCUT2D eigenvalue weighted by Crippen LogP contribution is 2.26. The molecule has 0 saturated heterocycles. The van der Waals surface area contributed by atoms with Crippen molar-refractivity contribution in [1.29, 1.82) is 0 Å². The minimum atomic E-state index is -1.56. The Bertz CT molecular complexity index is 920. The summed E-state index contributed by atoms with van der Waals surface area (Å²) >= 11 is 0. The fraction of sp³-hybridized carbons (Fsp3) is 0.500. The SMILES string of the molecule is CCOC(=O)C(C(=O)OF)C(C)C(Cc1c[nH]c2ccccc12)NC(=O)OC(C)(C)C. The largest absolute Gasteiger partial charge is 0.465 e. The van der Waals surface area contributed by atoms with Crippen LogP contribution in [-0.2, 0) is 30.4 Å². The Kier molecular flexibility index (Phi) is 8.01. The van der Waals surface area contributed by atoms with Crippen LogP contribution in [0.5, 0.6) is 0 Å². The van der Waals surface area contributed by atoms with E-state index < -0.39 is 41.5 Å². The van der Waals surface area contributed by atoms with E-state index in [0.29, 0.717) is 0 Å². The Balaban J connectivity index is 2.37. The molecule has 8 nitrogen and oxygen atoms in total. The van der Waals surface area contributed by atoms with E-state index in [1.165, 1.54) is 0 Å². The summed E-state index contributed by atoms with van der Waals surface area (Å²) in [7, 11) is 0. The molecule has 2 aromatic rings. The van der Waals surface area contributed by atoms with Crippen LogP contribution in [0, 0.1) is 11.8 Å². The summed E-state index contributed by atoms with van der Waals surface area (Å²) in [6.45, 7) is 8.28. The van der Waals surface area contributed by atoms with Crippen molar-refractivity contribution < 1.29 is 33.3 Å². The standard InChI is InChI=1S/C22H29FN2O6/c1-6-29-19(26)18(20(27)31-23)13(2)17(25-21(28)30-22(3,4)5)11-14-12-24-16-10-8-7-9-15(14)16/h7-10,12-13,17-18,24H,6,11H2,1-5H3,(H,25,28). The number of rotatable bonds is 8. The number of amides is 1. The van der Waals surface area contributed by atoms with E-state index in [1.54, 1.807) is 40.8 Å². The maximum absolute atomic E-state index is 12.8. The molecule has 0 bridgehead atoms. The molecule has 0 fully saturated rings. The number of benzene rings is 1. The number of hydrogen-bond acceptors (Lipinski definition) is 6. The molecule has 0 spiro atoms. The monoisotopic (exact) mass is 436 g/mol. The number of alkyl carbamates (subject to hydrolysis) is 1. The summed E-state index contributed by atoms with van der Waals surface area (Å²) in [5.41, 5.74) is 0.989. The van der Waals surface area contributed by atoms with Crippen LogP contribution in [0.25, 0.3) is 10.9 Å². The molecule has 0 radical (unpaired) electrons. The van der Waals surface area contributed by atoms with Crippen molar-refractivity contribution >= 4 is 28.9 Å². The first-order valence-corrected chi connectivity index (χ1v) is 10.1. The van der Waals surface area contributed by atoms with E-state index in [0.717, 1.165) is 16.5 Å². The Morgan fingerprint density at radius 1 is 1.16 bits per heavy atom. The van der Waals surface area contributed by atoms with E-state index in [2.05, 4.69) is 15.2 Å². The number of carbonyl (C=O) groups excluding carboxylic acids is 3. The van der Waals surface area contributed by atoms with Gasteiger partial charge in [-0.15, -0.1) is 0 Å². The van der Waals surface area contributed by atoms with E-state index in [9.17, 15) is 18.9 Å². The number of H-pyrrole nitrogens is 1. The van der Waals surface area contributed by atoms with E-state index >= 15 is 0 Å². The first-order valence-electron chi connectivity index (χ1n) is 10.1. The predicted octanol–water partition coefficient (Wildman–Crippen LogP) is 3.85. The van der Waals surface area contributed by atoms with Gasteiger partial charge in [0, 0.05) is 33.6 Å². The molecule has 0 aliphatic rings. The van der Waals surface area contributed by atoms with Crippen molar-refractivity contribution in [2.75, 3.05) is 6.61 Å². The number of esters is 1. The fourth-order valence-corrected chi connectivity index (χ4v) is 3.40. The molecule has 0 saturated carbocycles. The molecular formula is C22H29FN2O6. The van der Waals surface area contributed by atoms with Crippen LogP contribution in [0.3, 0.4) is 0 Å². The van der Waals surface area contributed by atoms with Gasteiger partial charge in [0.1, 0.15) is 5.60 Å². The van der Waals surface area contributed by atoms with Gasteiger partial charge in [-0.1, -0.05) is 25.1 Å². The van der Waals surface area contributed by atoms with E-state index in [4.69, 9.17) is 9.47 Å². The highest BCUT2D eigenvalue weighted by atomic mass is 19.3. The molecule has 0 aliphatic heterocycles. The first-order chi connectivity index (χ1) is 14.6. The number of carbonyl (C=O) groups is 3. The van der Waals surface area contributed by atoms with Crippen molar-refractivity contribution in [3.05, 3.63) is 36.0 Å². The van der Waals surface area contributed by atoms with Crippen LogP contribution in [0.2, 0.25) is 0 Å². The van der Waals surface area contributed by atoms with Crippen molar-refractivity contribution in [3.8, 4) is 0 Å². The molecule has 1 amide bonds. The van der Waals surface area contributed by atoms with Crippen molar-refractivity contribution in [2.24, 2.45) is 11.8 Å². The average molecular weight is 436 g/mol. The van der Waals surface area contributed by atoms with Gasteiger partial charge in [0.05, 0.1) is 6.61 Å². The van der Waals surface area contributed by atoms with Gasteiger partial charge in [0.2, 0.25) is 0 Å². The van der Waals surface area contributed by atoms with Gasteiger partial charge in [0.15, 0.2) is 5.92 Å². The van der Waals surface area contributed by atoms with Crippen LogP contribution in [-0.4, -0.2) is 41.3 Å². The number of aromatic amines is 1. The van der Waals surface area contributed by atoms with Crippen LogP contribution in [0.4, 0.5) is 9.32 Å². The third kappa shape index (κ3) is 6.44. The average Bonchev–Trinajstić information content (AvgIpc) is 3.09. The second kappa shape index (κ2) is 10.3. The Labute approximate surface area is 180 Å². The van der Waals surface area contributed by atoms with Crippen LogP contribution < -0.4 is 5.32 Å². The minimum Gasteiger partial charge on any atom is -0.465 e. The Hall–Kier alpha value is -3.10. The molecule has 2 N–H and O–H groups in total. The molecule has 31 heavy (non-hydrogen) atoms. The normalized spacial score (nSPS) is 14.4. The van der Waals surface area contributed by atoms with Gasteiger partial charge in [-0.05, 0) is 45.7 Å². The van der Waals surface area contributed by atoms with Gasteiger partial charge in [-0.3, -0.25) is 9.74 Å². The predicted molar refractivity (Wildman–Crippen MR) is 112 cm³/mol. The van der Waals surface area contributed by atoms with Crippen LogP contribution >= 0.6 is 0 Å². The zero-order valence-corrected chi connectivity index (χ0v) is 18.4. The number of ether oxygens (including phenoxy) is 2. The Morgan fingerprint density at radius 2 is 1.84 bits per heavy atom. The van der Waals surface area contributed by atoms with Crippen LogP contribution in [0.15, 0.2) is 30.5 Å². The topological polar surface area (TPSA) is 107 Å². The number of hydrogen-bond donors (Lipinski definition) is 2.